The van der Waals surface area contributed by atoms with E-state index in [-0.39, 0.29) is 18.2 Å². The molecule has 1 unspecified atom stereocenters. The lowest BCUT2D eigenvalue weighted by Crippen LogP contribution is -2.74. The molecule has 44 heavy (non-hydrogen) atoms. The molecular weight excluding hydrogens is 599 g/mol. The van der Waals surface area contributed by atoms with Gasteiger partial charge in [-0.3, -0.25) is 9.59 Å². The predicted molar refractivity (Wildman–Crippen MR) is 136 cm³/mol. The molecule has 0 aromatic heterocycles. The molecule has 238 valence electrons. The van der Waals surface area contributed by atoms with Crippen molar-refractivity contribution in [1.29, 1.82) is 0 Å². The van der Waals surface area contributed by atoms with Gasteiger partial charge in [0.2, 0.25) is 12.2 Å². The molecule has 2 aliphatic heterocycles. The summed E-state index contributed by atoms with van der Waals surface area (Å²) in [5, 5.41) is 12.3. The minimum Gasteiger partial charge on any atom is -0.493 e. The summed E-state index contributed by atoms with van der Waals surface area (Å²) in [5.41, 5.74) is -0.931. The zero-order chi connectivity index (χ0) is 32.4. The number of likely N-dealkylation sites (tertiary alicyclic amines) is 1. The lowest BCUT2D eigenvalue weighted by molar-refractivity contribution is -0.210. The lowest BCUT2D eigenvalue weighted by Gasteiger charge is -2.61. The lowest BCUT2D eigenvalue weighted by atomic mass is 9.50. The van der Waals surface area contributed by atoms with Crippen molar-refractivity contribution >= 4 is 29.8 Å². The maximum Gasteiger partial charge on any atom is 0.491 e. The van der Waals surface area contributed by atoms with Crippen molar-refractivity contribution in [3.63, 3.8) is 0 Å². The van der Waals surface area contributed by atoms with Crippen molar-refractivity contribution in [3.05, 3.63) is 35.1 Å². The molecule has 0 amide bonds. The van der Waals surface area contributed by atoms with Gasteiger partial charge in [-0.05, 0) is 44.1 Å². The first kappa shape index (κ1) is 31.3. The molecule has 1 aromatic carbocycles. The van der Waals surface area contributed by atoms with Gasteiger partial charge in [-0.1, -0.05) is 6.07 Å². The molecule has 6 atom stereocenters. The van der Waals surface area contributed by atoms with Crippen molar-refractivity contribution in [1.82, 2.24) is 4.90 Å². The fraction of sp³-hybridized carbons (Fsp3) is 0.536. The maximum atomic E-state index is 13.5. The molecule has 1 N–H and O–H groups in total. The first-order valence-corrected chi connectivity index (χ1v) is 13.4. The summed E-state index contributed by atoms with van der Waals surface area (Å²) < 4.78 is 69.0. The minimum atomic E-state index is -5.61. The van der Waals surface area contributed by atoms with Gasteiger partial charge in [0, 0.05) is 31.9 Å². The molecule has 2 aliphatic carbocycles. The second-order valence-corrected chi connectivity index (χ2v) is 11.0. The third-order valence-corrected chi connectivity index (χ3v) is 8.53. The Kier molecular flexibility index (Phi) is 7.65. The normalized spacial score (nSPS) is 27.9. The van der Waals surface area contributed by atoms with Crippen molar-refractivity contribution in [2.24, 2.45) is 0 Å². The summed E-state index contributed by atoms with van der Waals surface area (Å²) in [6, 6.07) is 3.24. The number of rotatable bonds is 7. The van der Waals surface area contributed by atoms with Crippen LogP contribution >= 0.6 is 0 Å². The van der Waals surface area contributed by atoms with Gasteiger partial charge < -0.3 is 38.4 Å². The number of ether oxygens (including phenoxy) is 6. The number of esters is 5. The van der Waals surface area contributed by atoms with E-state index in [1.165, 1.54) is 13.2 Å². The molecule has 13 nitrogen and oxygen atoms in total. The fourth-order valence-electron chi connectivity index (χ4n) is 6.79. The minimum absolute atomic E-state index is 0.0195. The number of hydrogen-bond acceptors (Lipinski definition) is 13. The Hall–Kier alpha value is -4.18. The number of carbonyl (C=O) groups is 5. The van der Waals surface area contributed by atoms with E-state index in [1.807, 2.05) is 18.0 Å². The summed E-state index contributed by atoms with van der Waals surface area (Å²) in [6.45, 7) is 2.09. The number of aliphatic hydroxyl groups is 1. The van der Waals surface area contributed by atoms with Crippen LogP contribution in [0.1, 0.15) is 37.8 Å². The van der Waals surface area contributed by atoms with Crippen LogP contribution in [0.4, 0.5) is 13.2 Å². The highest BCUT2D eigenvalue weighted by Crippen LogP contribution is 2.65. The summed E-state index contributed by atoms with van der Waals surface area (Å²) in [5.74, 6) is -8.61. The fourth-order valence-corrected chi connectivity index (χ4v) is 6.79. The summed E-state index contributed by atoms with van der Waals surface area (Å²) in [6.07, 6.45) is -9.65. The monoisotopic (exact) mass is 627 g/mol. The van der Waals surface area contributed by atoms with Crippen LogP contribution in [0.5, 0.6) is 11.5 Å². The van der Waals surface area contributed by atoms with Gasteiger partial charge in [0.15, 0.2) is 17.6 Å². The van der Waals surface area contributed by atoms with Crippen LogP contribution < -0.4 is 9.47 Å². The first-order chi connectivity index (χ1) is 20.5. The number of piperidine rings is 1. The molecule has 2 bridgehead atoms. The molecule has 16 heteroatoms. The van der Waals surface area contributed by atoms with Gasteiger partial charge in [-0.2, -0.15) is 13.2 Å². The van der Waals surface area contributed by atoms with E-state index in [1.54, 1.807) is 6.07 Å². The number of halogens is 3. The second-order valence-electron chi connectivity index (χ2n) is 11.0. The van der Waals surface area contributed by atoms with Gasteiger partial charge in [0.25, 0.3) is 0 Å². The number of nitrogens with zero attached hydrogens (tertiary/aromatic N) is 1. The Balaban J connectivity index is 1.52. The van der Waals surface area contributed by atoms with Crippen molar-refractivity contribution < 1.29 is 70.7 Å². The Labute approximate surface area is 247 Å². The van der Waals surface area contributed by atoms with Crippen LogP contribution in [-0.4, -0.2) is 96.7 Å². The number of benzene rings is 1. The van der Waals surface area contributed by atoms with Crippen LogP contribution in [0.25, 0.3) is 0 Å². The van der Waals surface area contributed by atoms with Gasteiger partial charge in [-0.15, -0.1) is 0 Å². The first-order valence-electron chi connectivity index (χ1n) is 13.4. The Morgan fingerprint density at radius 3 is 2.30 bits per heavy atom. The van der Waals surface area contributed by atoms with Crippen molar-refractivity contribution in [2.45, 2.75) is 74.7 Å². The highest BCUT2D eigenvalue weighted by atomic mass is 19.4. The molecule has 0 saturated carbocycles. The van der Waals surface area contributed by atoms with Crippen molar-refractivity contribution in [3.8, 4) is 11.5 Å². The molecule has 1 aromatic rings. The van der Waals surface area contributed by atoms with Crippen LogP contribution in [0, 0.1) is 0 Å². The van der Waals surface area contributed by atoms with E-state index >= 15 is 0 Å². The van der Waals surface area contributed by atoms with Crippen LogP contribution in [0.3, 0.4) is 0 Å². The third kappa shape index (κ3) is 4.76. The second kappa shape index (κ2) is 10.8. The highest BCUT2D eigenvalue weighted by molar-refractivity contribution is 5.95. The van der Waals surface area contributed by atoms with E-state index in [0.29, 0.717) is 36.4 Å². The van der Waals surface area contributed by atoms with E-state index < -0.39 is 65.4 Å². The number of carbonyl (C=O) groups excluding carboxylic acids is 5. The van der Waals surface area contributed by atoms with Gasteiger partial charge in [-0.25, -0.2) is 14.4 Å². The molecule has 0 radical (unpaired) electrons. The molecular formula is C28H28F3NO12. The SMILES string of the molecule is COc1ccc2c3c1O[C@H]1C(OC(=O)[C@@H](OC(C)=O)[C@H](OC(C)=O)C(=O)OC(=O)C(F)(F)F)=CC[C@@]4(O)C(C2)N(C)CC[C@]314. The average Bonchev–Trinajstić information content (AvgIpc) is 3.29. The standard InChI is InChI=1S/C28H28F3NO12/c1-12(33)40-20(21(41-13(2)34)24(36)44-25(37)28(29,30)31)23(35)42-16-7-8-27(38)17-11-14-5-6-15(39-4)19-18(14)26(27,22(16)43-19)9-10-32(17)3/h5-7,17,20-22,38H,8-11H2,1-4H3/t17?,20-,21-,22-,26-,27+/m0/s1. The molecule has 1 fully saturated rings. The number of alkyl halides is 3. The van der Waals surface area contributed by atoms with Crippen LogP contribution in [0.2, 0.25) is 0 Å². The molecule has 1 spiro atoms. The molecule has 1 saturated heterocycles. The topological polar surface area (TPSA) is 164 Å². The van der Waals surface area contributed by atoms with Crippen LogP contribution in [-0.2, 0) is 54.8 Å². The quantitative estimate of drug-likeness (QED) is 0.259. The zero-order valence-corrected chi connectivity index (χ0v) is 23.9. The smallest absolute Gasteiger partial charge is 0.491 e. The van der Waals surface area contributed by atoms with E-state index in [0.717, 1.165) is 19.4 Å². The number of likely N-dealkylation sites (N-methyl/N-ethyl adjacent to an activating group) is 1. The highest BCUT2D eigenvalue weighted by Gasteiger charge is 2.72. The van der Waals surface area contributed by atoms with E-state index in [4.69, 9.17) is 18.9 Å². The summed E-state index contributed by atoms with van der Waals surface area (Å²) in [7, 11) is 3.32. The Morgan fingerprint density at radius 2 is 1.70 bits per heavy atom. The van der Waals surface area contributed by atoms with E-state index in [9.17, 15) is 42.3 Å². The predicted octanol–water partition coefficient (Wildman–Crippen LogP) is 1.01. The Morgan fingerprint density at radius 1 is 1.07 bits per heavy atom. The Bertz CT molecular complexity index is 1470. The van der Waals surface area contributed by atoms with Gasteiger partial charge in [0.05, 0.1) is 18.1 Å². The summed E-state index contributed by atoms with van der Waals surface area (Å²) in [4.78, 5) is 63.0. The molecule has 2 heterocycles. The average molecular weight is 628 g/mol. The maximum absolute atomic E-state index is 13.5. The number of hydrogen-bond donors (Lipinski definition) is 1. The van der Waals surface area contributed by atoms with E-state index in [2.05, 4.69) is 9.47 Å². The zero-order valence-electron chi connectivity index (χ0n) is 23.9. The largest absolute Gasteiger partial charge is 0.493 e. The number of methoxy groups -OCH3 is 1. The summed E-state index contributed by atoms with van der Waals surface area (Å²) >= 11 is 0. The van der Waals surface area contributed by atoms with Crippen LogP contribution in [0.15, 0.2) is 24.0 Å². The van der Waals surface area contributed by atoms with Gasteiger partial charge >= 0.3 is 36.0 Å². The molecule has 5 rings (SSSR count). The third-order valence-electron chi connectivity index (χ3n) is 8.53. The van der Waals surface area contributed by atoms with Crippen molar-refractivity contribution in [2.75, 3.05) is 20.7 Å². The molecule has 4 aliphatic rings. The van der Waals surface area contributed by atoms with Gasteiger partial charge in [0.1, 0.15) is 5.76 Å².